The Morgan fingerprint density at radius 1 is 1.38 bits per heavy atom. The maximum Gasteiger partial charge on any atom is 0.222 e. The number of amides is 1. The highest BCUT2D eigenvalue weighted by molar-refractivity contribution is 5.77. The summed E-state index contributed by atoms with van der Waals surface area (Å²) in [6.45, 7) is 12.1. The lowest BCUT2D eigenvalue weighted by Gasteiger charge is -2.40. The summed E-state index contributed by atoms with van der Waals surface area (Å²) in [7, 11) is 0. The normalized spacial score (nSPS) is 16.0. The van der Waals surface area contributed by atoms with Crippen LogP contribution in [0.3, 0.4) is 0 Å². The second-order valence-corrected chi connectivity index (χ2v) is 7.28. The molecule has 0 saturated carbocycles. The van der Waals surface area contributed by atoms with Crippen LogP contribution in [0.1, 0.15) is 46.7 Å². The molecule has 1 saturated heterocycles. The third kappa shape index (κ3) is 4.16. The number of hydrogen-bond donors (Lipinski definition) is 1. The molecule has 5 nitrogen and oxygen atoms in total. The number of carbonyl (C=O) groups is 1. The van der Waals surface area contributed by atoms with Crippen LogP contribution in [0.5, 0.6) is 0 Å². The summed E-state index contributed by atoms with van der Waals surface area (Å²) >= 11 is 0. The van der Waals surface area contributed by atoms with Crippen LogP contribution in [0.4, 0.5) is 5.82 Å². The van der Waals surface area contributed by atoms with Crippen LogP contribution in [0.2, 0.25) is 0 Å². The van der Waals surface area contributed by atoms with Crippen LogP contribution < -0.4 is 5.32 Å². The maximum atomic E-state index is 11.9. The zero-order chi connectivity index (χ0) is 15.6. The average Bonchev–Trinajstić information content (AvgIpc) is 2.31. The Bertz CT molecular complexity index is 501. The van der Waals surface area contributed by atoms with Crippen molar-refractivity contribution in [1.82, 2.24) is 14.9 Å². The summed E-state index contributed by atoms with van der Waals surface area (Å²) in [6.07, 6.45) is 2.23. The molecule has 1 amide bonds. The molecule has 1 aliphatic heterocycles. The van der Waals surface area contributed by atoms with E-state index in [4.69, 9.17) is 0 Å². The van der Waals surface area contributed by atoms with Crippen molar-refractivity contribution >= 4 is 11.7 Å². The Balaban J connectivity index is 1.87. The van der Waals surface area contributed by atoms with Crippen molar-refractivity contribution in [3.05, 3.63) is 18.1 Å². The Labute approximate surface area is 127 Å². The van der Waals surface area contributed by atoms with Gasteiger partial charge in [0.2, 0.25) is 5.91 Å². The first kappa shape index (κ1) is 15.7. The van der Waals surface area contributed by atoms with Gasteiger partial charge in [-0.2, -0.15) is 0 Å². The standard InChI is InChI=1S/C16H26N4O/c1-11(2)6-15(21)20-8-12(9-20)19-14-7-13(16(3,4)5)17-10-18-14/h7,10-12H,6,8-9H2,1-5H3,(H,17,18,19). The molecule has 1 aromatic rings. The molecule has 0 spiro atoms. The summed E-state index contributed by atoms with van der Waals surface area (Å²) in [4.78, 5) is 22.4. The highest BCUT2D eigenvalue weighted by atomic mass is 16.2. The Hall–Kier alpha value is -1.65. The molecule has 0 bridgehead atoms. The first-order valence-corrected chi connectivity index (χ1v) is 7.62. The van der Waals surface area contributed by atoms with Gasteiger partial charge in [-0.25, -0.2) is 9.97 Å². The Morgan fingerprint density at radius 2 is 2.05 bits per heavy atom. The molecule has 1 N–H and O–H groups in total. The van der Waals surface area contributed by atoms with Crippen molar-refractivity contribution in [2.45, 2.75) is 52.5 Å². The lowest BCUT2D eigenvalue weighted by Crippen LogP contribution is -2.57. The summed E-state index contributed by atoms with van der Waals surface area (Å²) in [5.74, 6) is 1.51. The molecule has 0 aromatic carbocycles. The lowest BCUT2D eigenvalue weighted by atomic mass is 9.92. The molecule has 5 heteroatoms. The molecule has 0 unspecified atom stereocenters. The monoisotopic (exact) mass is 290 g/mol. The van der Waals surface area contributed by atoms with E-state index in [-0.39, 0.29) is 11.3 Å². The van der Waals surface area contributed by atoms with Crippen molar-refractivity contribution in [2.75, 3.05) is 18.4 Å². The molecule has 0 aliphatic carbocycles. The fraction of sp³-hybridized carbons (Fsp3) is 0.688. The number of aromatic nitrogens is 2. The van der Waals surface area contributed by atoms with Crippen molar-refractivity contribution in [2.24, 2.45) is 5.92 Å². The first-order valence-electron chi connectivity index (χ1n) is 7.62. The highest BCUT2D eigenvalue weighted by Crippen LogP contribution is 2.22. The third-order valence-electron chi connectivity index (χ3n) is 3.60. The number of nitrogens with zero attached hydrogens (tertiary/aromatic N) is 3. The van der Waals surface area contributed by atoms with Crippen molar-refractivity contribution in [3.63, 3.8) is 0 Å². The predicted molar refractivity (Wildman–Crippen MR) is 84.2 cm³/mol. The van der Waals surface area contributed by atoms with E-state index in [1.807, 2.05) is 11.0 Å². The van der Waals surface area contributed by atoms with Crippen molar-refractivity contribution < 1.29 is 4.79 Å². The fourth-order valence-corrected chi connectivity index (χ4v) is 2.31. The molecule has 1 fully saturated rings. The van der Waals surface area contributed by atoms with Crippen LogP contribution in [-0.4, -0.2) is 39.9 Å². The first-order chi connectivity index (χ1) is 9.75. The van der Waals surface area contributed by atoms with Crippen LogP contribution >= 0.6 is 0 Å². The fourth-order valence-electron chi connectivity index (χ4n) is 2.31. The molecule has 2 heterocycles. The summed E-state index contributed by atoms with van der Waals surface area (Å²) in [6, 6.07) is 2.29. The third-order valence-corrected chi connectivity index (χ3v) is 3.60. The number of likely N-dealkylation sites (tertiary alicyclic amines) is 1. The molecular weight excluding hydrogens is 264 g/mol. The molecule has 116 valence electrons. The zero-order valence-electron chi connectivity index (χ0n) is 13.7. The minimum absolute atomic E-state index is 0.0122. The predicted octanol–water partition coefficient (Wildman–Crippen LogP) is 2.44. The lowest BCUT2D eigenvalue weighted by molar-refractivity contribution is -0.135. The topological polar surface area (TPSA) is 58.1 Å². The Kier molecular flexibility index (Phi) is 4.49. The maximum absolute atomic E-state index is 11.9. The van der Waals surface area contributed by atoms with Gasteiger partial charge in [-0.3, -0.25) is 4.79 Å². The SMILES string of the molecule is CC(C)CC(=O)N1CC(Nc2cc(C(C)(C)C)ncn2)C1. The summed E-state index contributed by atoms with van der Waals surface area (Å²) in [5.41, 5.74) is 1.03. The van der Waals surface area contributed by atoms with Gasteiger partial charge in [0.05, 0.1) is 11.7 Å². The summed E-state index contributed by atoms with van der Waals surface area (Å²) in [5, 5.41) is 3.38. The Morgan fingerprint density at radius 3 is 2.62 bits per heavy atom. The minimum Gasteiger partial charge on any atom is -0.364 e. The van der Waals surface area contributed by atoms with E-state index in [1.165, 1.54) is 0 Å². The van der Waals surface area contributed by atoms with Gasteiger partial charge in [-0.05, 0) is 5.92 Å². The largest absolute Gasteiger partial charge is 0.364 e. The molecular formula is C16H26N4O. The van der Waals surface area contributed by atoms with Gasteiger partial charge in [-0.1, -0.05) is 34.6 Å². The number of nitrogens with one attached hydrogen (secondary N) is 1. The van der Waals surface area contributed by atoms with E-state index < -0.39 is 0 Å². The second-order valence-electron chi connectivity index (χ2n) is 7.28. The average molecular weight is 290 g/mol. The van der Waals surface area contributed by atoms with Crippen LogP contribution in [0.25, 0.3) is 0 Å². The zero-order valence-corrected chi connectivity index (χ0v) is 13.7. The van der Waals surface area contributed by atoms with Gasteiger partial charge in [0.15, 0.2) is 0 Å². The van der Waals surface area contributed by atoms with E-state index >= 15 is 0 Å². The van der Waals surface area contributed by atoms with Gasteiger partial charge in [0, 0.05) is 31.0 Å². The van der Waals surface area contributed by atoms with Gasteiger partial charge in [0.1, 0.15) is 12.1 Å². The van der Waals surface area contributed by atoms with E-state index in [9.17, 15) is 4.79 Å². The second kappa shape index (κ2) is 6.00. The number of rotatable bonds is 4. The quantitative estimate of drug-likeness (QED) is 0.925. The molecule has 1 aliphatic rings. The smallest absolute Gasteiger partial charge is 0.222 e. The van der Waals surface area contributed by atoms with Crippen molar-refractivity contribution in [3.8, 4) is 0 Å². The van der Waals surface area contributed by atoms with E-state index in [0.717, 1.165) is 24.6 Å². The molecule has 21 heavy (non-hydrogen) atoms. The van der Waals surface area contributed by atoms with Crippen molar-refractivity contribution in [1.29, 1.82) is 0 Å². The number of carbonyl (C=O) groups excluding carboxylic acids is 1. The van der Waals surface area contributed by atoms with Crippen LogP contribution in [0.15, 0.2) is 12.4 Å². The van der Waals surface area contributed by atoms with Gasteiger partial charge in [0.25, 0.3) is 0 Å². The highest BCUT2D eigenvalue weighted by Gasteiger charge is 2.30. The van der Waals surface area contributed by atoms with E-state index in [2.05, 4.69) is 49.9 Å². The van der Waals surface area contributed by atoms with E-state index in [1.54, 1.807) is 6.33 Å². The number of anilines is 1. The minimum atomic E-state index is 0.0122. The van der Waals surface area contributed by atoms with E-state index in [0.29, 0.717) is 18.4 Å². The van der Waals surface area contributed by atoms with Gasteiger partial charge in [-0.15, -0.1) is 0 Å². The molecule has 0 radical (unpaired) electrons. The van der Waals surface area contributed by atoms with Gasteiger partial charge >= 0.3 is 0 Å². The molecule has 1 aromatic heterocycles. The van der Waals surface area contributed by atoms with Crippen LogP contribution in [0, 0.1) is 5.92 Å². The summed E-state index contributed by atoms with van der Waals surface area (Å²) < 4.78 is 0. The number of hydrogen-bond acceptors (Lipinski definition) is 4. The molecule has 2 rings (SSSR count). The molecule has 0 atom stereocenters. The van der Waals surface area contributed by atoms with Crippen LogP contribution in [-0.2, 0) is 10.2 Å². The van der Waals surface area contributed by atoms with Gasteiger partial charge < -0.3 is 10.2 Å².